The summed E-state index contributed by atoms with van der Waals surface area (Å²) in [6, 6.07) is 3.79. The second-order valence-corrected chi connectivity index (χ2v) is 2.08. The van der Waals surface area contributed by atoms with Gasteiger partial charge in [0.2, 0.25) is 0 Å². The molecule has 0 amide bonds. The fraction of sp³-hybridized carbons (Fsp3) is 0.286. The van der Waals surface area contributed by atoms with Crippen molar-refractivity contribution >= 4 is 0 Å². The van der Waals surface area contributed by atoms with Crippen LogP contribution in [0.2, 0.25) is 0 Å². The van der Waals surface area contributed by atoms with E-state index >= 15 is 0 Å². The Bertz CT molecular complexity index is 212. The minimum atomic E-state index is 0.148. The summed E-state index contributed by atoms with van der Waals surface area (Å²) in [5, 5.41) is 5.50. The van der Waals surface area contributed by atoms with Crippen molar-refractivity contribution in [2.75, 3.05) is 6.67 Å². The molecule has 1 aromatic rings. The predicted molar refractivity (Wildman–Crippen MR) is 41.7 cm³/mol. The highest BCUT2D eigenvalue weighted by atomic mass is 16.3. The van der Waals surface area contributed by atoms with Crippen LogP contribution in [0, 0.1) is 4.91 Å². The Balaban J connectivity index is 2.33. The molecule has 0 atom stereocenters. The van der Waals surface area contributed by atoms with Gasteiger partial charge in [0.1, 0.15) is 6.67 Å². The van der Waals surface area contributed by atoms with E-state index in [0.29, 0.717) is 6.54 Å². The second kappa shape index (κ2) is 4.51. The first-order valence-electron chi connectivity index (χ1n) is 3.32. The first-order valence-corrected chi connectivity index (χ1v) is 3.32. The number of aromatic nitrogens is 1. The third-order valence-electron chi connectivity index (χ3n) is 1.23. The fourth-order valence-corrected chi connectivity index (χ4v) is 0.749. The smallest absolute Gasteiger partial charge is 0.131 e. The first-order chi connectivity index (χ1) is 5.43. The molecule has 4 nitrogen and oxygen atoms in total. The van der Waals surface area contributed by atoms with Crippen molar-refractivity contribution in [1.29, 1.82) is 0 Å². The maximum atomic E-state index is 9.67. The molecular formula is C7H9N3O. The molecule has 1 heterocycles. The van der Waals surface area contributed by atoms with Crippen LogP contribution in [0.25, 0.3) is 0 Å². The lowest BCUT2D eigenvalue weighted by Gasteiger charge is -1.97. The van der Waals surface area contributed by atoms with E-state index < -0.39 is 0 Å². The standard InChI is InChI=1S/C7H9N3O/c11-10-6-9-5-7-2-1-3-8-4-7/h1-4,9H,5-6H2. The van der Waals surface area contributed by atoms with Gasteiger partial charge in [-0.3, -0.25) is 10.3 Å². The van der Waals surface area contributed by atoms with Crippen LogP contribution in [0.5, 0.6) is 0 Å². The molecule has 58 valence electrons. The Morgan fingerprint density at radius 2 is 2.55 bits per heavy atom. The lowest BCUT2D eigenvalue weighted by Crippen LogP contribution is -2.12. The molecule has 0 radical (unpaired) electrons. The van der Waals surface area contributed by atoms with Gasteiger partial charge < -0.3 is 0 Å². The molecule has 0 aliphatic heterocycles. The van der Waals surface area contributed by atoms with Gasteiger partial charge in [-0.25, -0.2) is 0 Å². The molecule has 0 bridgehead atoms. The Kier molecular flexibility index (Phi) is 3.21. The van der Waals surface area contributed by atoms with Crippen molar-refractivity contribution in [3.8, 4) is 0 Å². The summed E-state index contributed by atoms with van der Waals surface area (Å²) in [4.78, 5) is 13.6. The Morgan fingerprint density at radius 1 is 1.64 bits per heavy atom. The predicted octanol–water partition coefficient (Wildman–Crippen LogP) is 0.895. The van der Waals surface area contributed by atoms with E-state index in [1.807, 2.05) is 12.1 Å². The number of pyridine rings is 1. The zero-order valence-corrected chi connectivity index (χ0v) is 6.03. The molecule has 11 heavy (non-hydrogen) atoms. The largest absolute Gasteiger partial charge is 0.291 e. The summed E-state index contributed by atoms with van der Waals surface area (Å²) in [6.07, 6.45) is 3.46. The molecule has 1 aromatic heterocycles. The van der Waals surface area contributed by atoms with Gasteiger partial charge >= 0.3 is 0 Å². The molecule has 1 N–H and O–H groups in total. The van der Waals surface area contributed by atoms with Crippen molar-refractivity contribution < 1.29 is 0 Å². The number of rotatable bonds is 4. The van der Waals surface area contributed by atoms with Crippen LogP contribution in [0.4, 0.5) is 0 Å². The van der Waals surface area contributed by atoms with E-state index in [1.165, 1.54) is 0 Å². The maximum Gasteiger partial charge on any atom is 0.131 e. The van der Waals surface area contributed by atoms with E-state index in [1.54, 1.807) is 12.4 Å². The lowest BCUT2D eigenvalue weighted by molar-refractivity contribution is 0.705. The molecule has 4 heteroatoms. The van der Waals surface area contributed by atoms with Gasteiger partial charge in [-0.05, 0) is 11.6 Å². The number of hydrogen-bond donors (Lipinski definition) is 1. The zero-order chi connectivity index (χ0) is 7.94. The van der Waals surface area contributed by atoms with Crippen molar-refractivity contribution in [2.24, 2.45) is 5.18 Å². The van der Waals surface area contributed by atoms with Crippen molar-refractivity contribution in [1.82, 2.24) is 10.3 Å². The van der Waals surface area contributed by atoms with Crippen molar-refractivity contribution in [2.45, 2.75) is 6.54 Å². The zero-order valence-electron chi connectivity index (χ0n) is 6.03. The van der Waals surface area contributed by atoms with E-state index in [2.05, 4.69) is 15.5 Å². The molecule has 0 unspecified atom stereocenters. The van der Waals surface area contributed by atoms with Gasteiger partial charge in [-0.1, -0.05) is 11.2 Å². The van der Waals surface area contributed by atoms with Crippen LogP contribution >= 0.6 is 0 Å². The number of nitrogens with zero attached hydrogens (tertiary/aromatic N) is 2. The van der Waals surface area contributed by atoms with Crippen LogP contribution in [0.1, 0.15) is 5.56 Å². The Morgan fingerprint density at radius 3 is 3.18 bits per heavy atom. The molecule has 1 rings (SSSR count). The van der Waals surface area contributed by atoms with Crippen molar-refractivity contribution in [3.05, 3.63) is 35.0 Å². The van der Waals surface area contributed by atoms with E-state index in [0.717, 1.165) is 5.56 Å². The minimum Gasteiger partial charge on any atom is -0.291 e. The summed E-state index contributed by atoms with van der Waals surface area (Å²) in [5.41, 5.74) is 1.05. The van der Waals surface area contributed by atoms with E-state index in [4.69, 9.17) is 0 Å². The SMILES string of the molecule is O=NCNCc1cccnc1. The van der Waals surface area contributed by atoms with Gasteiger partial charge in [0.25, 0.3) is 0 Å². The van der Waals surface area contributed by atoms with Gasteiger partial charge in [-0.2, -0.15) is 0 Å². The summed E-state index contributed by atoms with van der Waals surface area (Å²) in [6.45, 7) is 0.786. The summed E-state index contributed by atoms with van der Waals surface area (Å²) >= 11 is 0. The van der Waals surface area contributed by atoms with Gasteiger partial charge in [0.05, 0.1) is 0 Å². The molecular weight excluding hydrogens is 142 g/mol. The van der Waals surface area contributed by atoms with E-state index in [9.17, 15) is 4.91 Å². The average Bonchev–Trinajstić information content (AvgIpc) is 2.07. The molecule has 0 aromatic carbocycles. The summed E-state index contributed by atoms with van der Waals surface area (Å²) in [7, 11) is 0. The highest BCUT2D eigenvalue weighted by molar-refractivity contribution is 5.07. The van der Waals surface area contributed by atoms with Crippen LogP contribution < -0.4 is 5.32 Å². The highest BCUT2D eigenvalue weighted by Gasteiger charge is 1.88. The number of nitrogens with one attached hydrogen (secondary N) is 1. The Labute approximate surface area is 64.6 Å². The van der Waals surface area contributed by atoms with Crippen LogP contribution in [0.15, 0.2) is 29.7 Å². The lowest BCUT2D eigenvalue weighted by atomic mass is 10.3. The normalized spacial score (nSPS) is 9.45. The van der Waals surface area contributed by atoms with E-state index in [-0.39, 0.29) is 6.67 Å². The molecule has 0 saturated carbocycles. The maximum absolute atomic E-state index is 9.67. The molecule has 0 spiro atoms. The summed E-state index contributed by atoms with van der Waals surface area (Å²) < 4.78 is 0. The monoisotopic (exact) mass is 151 g/mol. The van der Waals surface area contributed by atoms with Gasteiger partial charge in [-0.15, -0.1) is 4.91 Å². The van der Waals surface area contributed by atoms with Crippen molar-refractivity contribution in [3.63, 3.8) is 0 Å². The fourth-order valence-electron chi connectivity index (χ4n) is 0.749. The van der Waals surface area contributed by atoms with Gasteiger partial charge in [0.15, 0.2) is 0 Å². The molecule has 0 aliphatic carbocycles. The van der Waals surface area contributed by atoms with Crippen LogP contribution in [0.3, 0.4) is 0 Å². The molecule has 0 saturated heterocycles. The first kappa shape index (κ1) is 7.81. The number of hydrogen-bond acceptors (Lipinski definition) is 4. The number of nitroso groups, excluding NO2 is 1. The Hall–Kier alpha value is -1.29. The molecule has 0 fully saturated rings. The minimum absolute atomic E-state index is 0.148. The van der Waals surface area contributed by atoms with Crippen LogP contribution in [-0.4, -0.2) is 11.7 Å². The molecule has 0 aliphatic rings. The second-order valence-electron chi connectivity index (χ2n) is 2.08. The summed E-state index contributed by atoms with van der Waals surface area (Å²) in [5.74, 6) is 0. The van der Waals surface area contributed by atoms with Gasteiger partial charge in [0, 0.05) is 18.9 Å². The average molecular weight is 151 g/mol. The highest BCUT2D eigenvalue weighted by Crippen LogP contribution is 1.93. The van der Waals surface area contributed by atoms with Crippen LogP contribution in [-0.2, 0) is 6.54 Å². The quantitative estimate of drug-likeness (QED) is 0.513. The topological polar surface area (TPSA) is 54.4 Å². The third kappa shape index (κ3) is 2.86. The third-order valence-corrected chi connectivity index (χ3v) is 1.23.